The molecule has 1 fully saturated rings. The van der Waals surface area contributed by atoms with Crippen LogP contribution in [-0.2, 0) is 0 Å². The average Bonchev–Trinajstić information content (AvgIpc) is 2.39. The summed E-state index contributed by atoms with van der Waals surface area (Å²) in [6, 6.07) is 5.38. The Bertz CT molecular complexity index is 425. The molecule has 0 amide bonds. The van der Waals surface area contributed by atoms with Crippen molar-refractivity contribution in [3.8, 4) is 5.75 Å². The first-order valence-electron chi connectivity index (χ1n) is 6.87. The summed E-state index contributed by atoms with van der Waals surface area (Å²) in [5.74, 6) is -0.0682. The maximum Gasteiger partial charge on any atom is 0.165 e. The van der Waals surface area contributed by atoms with Crippen LogP contribution in [0.3, 0.4) is 0 Å². The van der Waals surface area contributed by atoms with E-state index in [-0.39, 0.29) is 23.7 Å². The summed E-state index contributed by atoms with van der Waals surface area (Å²) in [5.41, 5.74) is 0.998. The van der Waals surface area contributed by atoms with E-state index in [4.69, 9.17) is 4.74 Å². The topological polar surface area (TPSA) is 41.5 Å². The smallest absolute Gasteiger partial charge is 0.165 e. The maximum atomic E-state index is 13.4. The number of ether oxygens (including phenoxy) is 1. The molecule has 3 nitrogen and oxygen atoms in total. The number of rotatable bonds is 4. The first-order valence-corrected chi connectivity index (χ1v) is 6.87. The van der Waals surface area contributed by atoms with Crippen molar-refractivity contribution < 1.29 is 14.2 Å². The van der Waals surface area contributed by atoms with Gasteiger partial charge in [0.1, 0.15) is 0 Å². The molecule has 1 aromatic rings. The lowest BCUT2D eigenvalue weighted by Crippen LogP contribution is -2.37. The van der Waals surface area contributed by atoms with Crippen molar-refractivity contribution in [1.29, 1.82) is 0 Å². The molecule has 0 aromatic heterocycles. The molecule has 1 aromatic carbocycles. The van der Waals surface area contributed by atoms with Crippen LogP contribution < -0.4 is 10.1 Å². The Morgan fingerprint density at radius 3 is 2.89 bits per heavy atom. The predicted molar refractivity (Wildman–Crippen MR) is 72.8 cm³/mol. The van der Waals surface area contributed by atoms with Gasteiger partial charge in [-0.3, -0.25) is 0 Å². The van der Waals surface area contributed by atoms with Crippen molar-refractivity contribution in [1.82, 2.24) is 5.32 Å². The predicted octanol–water partition coefficient (Wildman–Crippen LogP) is 2.79. The zero-order valence-corrected chi connectivity index (χ0v) is 11.5. The normalized spacial score (nSPS) is 25.1. The highest BCUT2D eigenvalue weighted by Crippen LogP contribution is 2.25. The van der Waals surface area contributed by atoms with E-state index in [0.29, 0.717) is 6.04 Å². The molecule has 2 rings (SSSR count). The van der Waals surface area contributed by atoms with Crippen molar-refractivity contribution in [2.45, 2.75) is 50.8 Å². The Morgan fingerprint density at radius 1 is 1.42 bits per heavy atom. The SMILES string of the molecule is COc1cc(C(C)NC2CCCC(O)C2)ccc1F. The molecule has 0 radical (unpaired) electrons. The van der Waals surface area contributed by atoms with Gasteiger partial charge in [0.25, 0.3) is 0 Å². The first-order chi connectivity index (χ1) is 9.10. The highest BCUT2D eigenvalue weighted by Gasteiger charge is 2.22. The molecule has 0 aliphatic heterocycles. The summed E-state index contributed by atoms with van der Waals surface area (Å²) in [6.07, 6.45) is 3.64. The van der Waals surface area contributed by atoms with Crippen LogP contribution in [-0.4, -0.2) is 24.4 Å². The van der Waals surface area contributed by atoms with E-state index in [1.165, 1.54) is 13.2 Å². The van der Waals surface area contributed by atoms with Gasteiger partial charge in [0.05, 0.1) is 13.2 Å². The van der Waals surface area contributed by atoms with Crippen LogP contribution in [0, 0.1) is 5.82 Å². The van der Waals surface area contributed by atoms with E-state index in [9.17, 15) is 9.50 Å². The third-order valence-electron chi connectivity index (χ3n) is 3.81. The van der Waals surface area contributed by atoms with Gasteiger partial charge in [0.15, 0.2) is 11.6 Å². The molecule has 0 bridgehead atoms. The van der Waals surface area contributed by atoms with Crippen LogP contribution in [0.4, 0.5) is 4.39 Å². The summed E-state index contributed by atoms with van der Waals surface area (Å²) in [5, 5.41) is 13.2. The van der Waals surface area contributed by atoms with Crippen LogP contribution in [0.25, 0.3) is 0 Å². The Kier molecular flexibility index (Phi) is 4.77. The summed E-state index contributed by atoms with van der Waals surface area (Å²) < 4.78 is 18.4. The molecule has 1 saturated carbocycles. The number of aliphatic hydroxyl groups excluding tert-OH is 1. The van der Waals surface area contributed by atoms with E-state index in [1.807, 2.05) is 6.92 Å². The molecule has 1 aliphatic rings. The summed E-state index contributed by atoms with van der Waals surface area (Å²) in [6.45, 7) is 2.05. The van der Waals surface area contributed by atoms with Gasteiger partial charge in [-0.2, -0.15) is 0 Å². The molecule has 3 unspecified atom stereocenters. The van der Waals surface area contributed by atoms with Gasteiger partial charge in [-0.1, -0.05) is 6.07 Å². The molecule has 2 N–H and O–H groups in total. The van der Waals surface area contributed by atoms with E-state index in [2.05, 4.69) is 5.32 Å². The Labute approximate surface area is 113 Å². The lowest BCUT2D eigenvalue weighted by Gasteiger charge is -2.29. The lowest BCUT2D eigenvalue weighted by molar-refractivity contribution is 0.109. The summed E-state index contributed by atoms with van der Waals surface area (Å²) in [4.78, 5) is 0. The molecular weight excluding hydrogens is 245 g/mol. The molecular formula is C15H22FNO2. The first kappa shape index (κ1) is 14.3. The van der Waals surface area contributed by atoms with E-state index < -0.39 is 0 Å². The van der Waals surface area contributed by atoms with Crippen LogP contribution >= 0.6 is 0 Å². The Balaban J connectivity index is 2.01. The van der Waals surface area contributed by atoms with Gasteiger partial charge in [-0.25, -0.2) is 4.39 Å². The number of methoxy groups -OCH3 is 1. The molecule has 106 valence electrons. The van der Waals surface area contributed by atoms with Gasteiger partial charge in [0.2, 0.25) is 0 Å². The summed E-state index contributed by atoms with van der Waals surface area (Å²) >= 11 is 0. The number of benzene rings is 1. The van der Waals surface area contributed by atoms with E-state index in [0.717, 1.165) is 31.2 Å². The third kappa shape index (κ3) is 3.67. The minimum Gasteiger partial charge on any atom is -0.494 e. The molecule has 1 aliphatic carbocycles. The second-order valence-electron chi connectivity index (χ2n) is 5.30. The zero-order valence-electron chi connectivity index (χ0n) is 11.5. The standard InChI is InChI=1S/C15H22FNO2/c1-10(17-12-4-3-5-13(18)9-12)11-6-7-14(16)15(8-11)19-2/h6-8,10,12-13,17-18H,3-5,9H2,1-2H3. The summed E-state index contributed by atoms with van der Waals surface area (Å²) in [7, 11) is 1.47. The van der Waals surface area contributed by atoms with E-state index in [1.54, 1.807) is 12.1 Å². The van der Waals surface area contributed by atoms with Crippen LogP contribution in [0.5, 0.6) is 5.75 Å². The number of halogens is 1. The van der Waals surface area contributed by atoms with Crippen molar-refractivity contribution in [2.75, 3.05) is 7.11 Å². The number of hydrogen-bond acceptors (Lipinski definition) is 3. The maximum absolute atomic E-state index is 13.4. The molecule has 19 heavy (non-hydrogen) atoms. The van der Waals surface area contributed by atoms with E-state index >= 15 is 0 Å². The van der Waals surface area contributed by atoms with Crippen molar-refractivity contribution in [3.63, 3.8) is 0 Å². The van der Waals surface area contributed by atoms with Gasteiger partial charge in [0, 0.05) is 12.1 Å². The molecule has 4 heteroatoms. The van der Waals surface area contributed by atoms with Crippen molar-refractivity contribution in [2.24, 2.45) is 0 Å². The molecule has 0 saturated heterocycles. The fourth-order valence-electron chi connectivity index (χ4n) is 2.71. The quantitative estimate of drug-likeness (QED) is 0.881. The highest BCUT2D eigenvalue weighted by molar-refractivity contribution is 5.32. The van der Waals surface area contributed by atoms with Crippen molar-refractivity contribution >= 4 is 0 Å². The fraction of sp³-hybridized carbons (Fsp3) is 0.600. The van der Waals surface area contributed by atoms with Gasteiger partial charge >= 0.3 is 0 Å². The lowest BCUT2D eigenvalue weighted by atomic mass is 9.92. The zero-order chi connectivity index (χ0) is 13.8. The molecule has 3 atom stereocenters. The minimum absolute atomic E-state index is 0.116. The number of hydrogen-bond donors (Lipinski definition) is 2. The largest absolute Gasteiger partial charge is 0.494 e. The number of aliphatic hydroxyl groups is 1. The van der Waals surface area contributed by atoms with Crippen molar-refractivity contribution in [3.05, 3.63) is 29.6 Å². The minimum atomic E-state index is -0.341. The van der Waals surface area contributed by atoms with Crippen LogP contribution in [0.15, 0.2) is 18.2 Å². The van der Waals surface area contributed by atoms with Gasteiger partial charge in [-0.15, -0.1) is 0 Å². The molecule has 0 spiro atoms. The average molecular weight is 267 g/mol. The Hall–Kier alpha value is -1.13. The second-order valence-corrected chi connectivity index (χ2v) is 5.30. The monoisotopic (exact) mass is 267 g/mol. The fourth-order valence-corrected chi connectivity index (χ4v) is 2.71. The highest BCUT2D eigenvalue weighted by atomic mass is 19.1. The van der Waals surface area contributed by atoms with Crippen LogP contribution in [0.2, 0.25) is 0 Å². The third-order valence-corrected chi connectivity index (χ3v) is 3.81. The number of nitrogens with one attached hydrogen (secondary N) is 1. The van der Waals surface area contributed by atoms with Gasteiger partial charge in [-0.05, 0) is 50.3 Å². The van der Waals surface area contributed by atoms with Gasteiger partial charge < -0.3 is 15.2 Å². The van der Waals surface area contributed by atoms with Crippen LogP contribution in [0.1, 0.15) is 44.2 Å². The molecule has 0 heterocycles. The second kappa shape index (κ2) is 6.35. The Morgan fingerprint density at radius 2 is 2.21 bits per heavy atom.